The topological polar surface area (TPSA) is 213 Å². The minimum Gasteiger partial charge on any atom is -0.822 e. The smallest absolute Gasteiger partial charge is 0.822 e. The van der Waals surface area contributed by atoms with Crippen LogP contribution in [0.1, 0.15) is 129 Å². The maximum absolute atomic E-state index is 11.4. The molecule has 0 radical (unpaired) electrons. The van der Waals surface area contributed by atoms with Crippen LogP contribution in [0.4, 0.5) is 0 Å². The summed E-state index contributed by atoms with van der Waals surface area (Å²) >= 11 is 0. The summed E-state index contributed by atoms with van der Waals surface area (Å²) in [6.45, 7) is 28.1. The molecule has 0 unspecified atom stereocenters. The SMILES string of the molecule is CC(c1cc(C(C)(C)C)cc(C(C)(C)C)c1O)c1cc(C(C)(C)C)cc(C(C)(C)C)c1O.O=P([O-])([O-])[O-].O=P([O-])([O-])[O-].[Ca+2].[Ca+2].[Ca+2]. The van der Waals surface area contributed by atoms with Crippen LogP contribution in [0.5, 0.6) is 11.5 Å². The molecule has 2 rings (SSSR count). The molecule has 15 heteroatoms. The maximum Gasteiger partial charge on any atom is 2.00 e. The third-order valence-corrected chi connectivity index (χ3v) is 6.56. The van der Waals surface area contributed by atoms with Gasteiger partial charge in [-0.05, 0) is 43.9 Å². The fraction of sp³-hybridized carbons (Fsp3) is 0.600. The van der Waals surface area contributed by atoms with Crippen molar-refractivity contribution in [2.24, 2.45) is 0 Å². The number of phenols is 2. The largest absolute Gasteiger partial charge is 2.00 e. The van der Waals surface area contributed by atoms with Crippen molar-refractivity contribution in [2.75, 3.05) is 0 Å². The van der Waals surface area contributed by atoms with Gasteiger partial charge in [0, 0.05) is 17.0 Å². The van der Waals surface area contributed by atoms with E-state index < -0.39 is 15.6 Å². The molecule has 2 aromatic rings. The summed E-state index contributed by atoms with van der Waals surface area (Å²) in [6, 6.07) is 8.57. The van der Waals surface area contributed by atoms with Crippen molar-refractivity contribution >= 4 is 129 Å². The summed E-state index contributed by atoms with van der Waals surface area (Å²) in [6.07, 6.45) is 0. The molecular formula is C30H46Ca3O10P2. The molecule has 0 heterocycles. The van der Waals surface area contributed by atoms with Gasteiger partial charge >= 0.3 is 113 Å². The van der Waals surface area contributed by atoms with E-state index in [-0.39, 0.29) is 141 Å². The molecule has 10 nitrogen and oxygen atoms in total. The Kier molecular flexibility index (Phi) is 23.4. The van der Waals surface area contributed by atoms with Crippen molar-refractivity contribution in [1.82, 2.24) is 0 Å². The van der Waals surface area contributed by atoms with Crippen LogP contribution in [0.15, 0.2) is 24.3 Å². The van der Waals surface area contributed by atoms with Gasteiger partial charge < -0.3 is 48.7 Å². The van der Waals surface area contributed by atoms with Crippen LogP contribution in [0.2, 0.25) is 0 Å². The monoisotopic (exact) mass is 748 g/mol. The van der Waals surface area contributed by atoms with Crippen molar-refractivity contribution in [2.45, 2.75) is 118 Å². The van der Waals surface area contributed by atoms with E-state index in [4.69, 9.17) is 38.5 Å². The predicted molar refractivity (Wildman–Crippen MR) is 171 cm³/mol. The van der Waals surface area contributed by atoms with Crippen molar-refractivity contribution in [1.29, 1.82) is 0 Å². The van der Waals surface area contributed by atoms with E-state index >= 15 is 0 Å². The predicted octanol–water partition coefficient (Wildman–Crippen LogP) is 1.65. The molecule has 0 aliphatic carbocycles. The molecule has 0 fully saturated rings. The Hall–Kier alpha value is 2.04. The van der Waals surface area contributed by atoms with Crippen molar-refractivity contribution in [3.05, 3.63) is 57.6 Å². The maximum atomic E-state index is 11.4. The summed E-state index contributed by atoms with van der Waals surface area (Å²) in [5, 5.41) is 22.8. The zero-order valence-corrected chi connectivity index (χ0v) is 37.5. The summed E-state index contributed by atoms with van der Waals surface area (Å²) in [4.78, 5) is 51.3. The number of phenolic OH excluding ortho intramolecular Hbond substituents is 2. The first-order valence-electron chi connectivity index (χ1n) is 13.4. The third kappa shape index (κ3) is 20.5. The first-order chi connectivity index (χ1) is 18.2. The molecule has 0 aliphatic rings. The molecule has 2 aromatic carbocycles. The Morgan fingerprint density at radius 3 is 0.867 bits per heavy atom. The van der Waals surface area contributed by atoms with E-state index in [9.17, 15) is 10.2 Å². The van der Waals surface area contributed by atoms with E-state index in [0.29, 0.717) is 11.5 Å². The normalized spacial score (nSPS) is 12.4. The van der Waals surface area contributed by atoms with Crippen LogP contribution in [-0.2, 0) is 30.8 Å². The number of hydrogen-bond donors (Lipinski definition) is 2. The molecular weight excluding hydrogens is 703 g/mol. The van der Waals surface area contributed by atoms with Crippen LogP contribution in [0, 0.1) is 0 Å². The van der Waals surface area contributed by atoms with Gasteiger partial charge in [0.25, 0.3) is 0 Å². The van der Waals surface area contributed by atoms with Crippen LogP contribution in [0.3, 0.4) is 0 Å². The van der Waals surface area contributed by atoms with Crippen LogP contribution >= 0.6 is 15.6 Å². The average molecular weight is 749 g/mol. The molecule has 0 spiro atoms. The van der Waals surface area contributed by atoms with Crippen molar-refractivity contribution in [3.8, 4) is 11.5 Å². The molecule has 0 aliphatic heterocycles. The van der Waals surface area contributed by atoms with Gasteiger partial charge in [-0.1, -0.05) is 114 Å². The minimum absolute atomic E-state index is 0. The van der Waals surface area contributed by atoms with E-state index in [2.05, 4.69) is 114 Å². The molecule has 0 aromatic heterocycles. The second-order valence-corrected chi connectivity index (χ2v) is 16.3. The minimum atomic E-state index is -5.39. The Labute approximate surface area is 359 Å². The summed E-state index contributed by atoms with van der Waals surface area (Å²) in [5.74, 6) is 0.536. The van der Waals surface area contributed by atoms with E-state index in [1.54, 1.807) is 0 Å². The van der Waals surface area contributed by atoms with E-state index in [1.165, 1.54) is 11.1 Å². The molecule has 0 saturated carbocycles. The van der Waals surface area contributed by atoms with Crippen molar-refractivity contribution in [3.63, 3.8) is 0 Å². The number of benzene rings is 2. The Balaban J connectivity index is -0.000000561. The average Bonchev–Trinajstić information content (AvgIpc) is 2.67. The van der Waals surface area contributed by atoms with Gasteiger partial charge in [-0.15, -0.1) is 0 Å². The Morgan fingerprint density at radius 2 is 0.711 bits per heavy atom. The molecule has 0 amide bonds. The zero-order valence-electron chi connectivity index (χ0n) is 29.1. The van der Waals surface area contributed by atoms with Gasteiger partial charge in [-0.3, -0.25) is 0 Å². The molecule has 0 atom stereocenters. The molecule has 2 N–H and O–H groups in total. The Morgan fingerprint density at radius 1 is 0.511 bits per heavy atom. The summed E-state index contributed by atoms with van der Waals surface area (Å²) < 4.78 is 17.1. The van der Waals surface area contributed by atoms with Gasteiger partial charge in [-0.2, -0.15) is 15.6 Å². The first kappa shape index (κ1) is 53.8. The molecule has 0 saturated heterocycles. The second-order valence-electron chi connectivity index (χ2n) is 14.5. The molecule has 45 heavy (non-hydrogen) atoms. The van der Waals surface area contributed by atoms with Gasteiger partial charge in [0.15, 0.2) is 0 Å². The second kappa shape index (κ2) is 19.6. The summed E-state index contributed by atoms with van der Waals surface area (Å²) in [5.41, 5.74) is 5.59. The fourth-order valence-corrected chi connectivity index (χ4v) is 4.15. The van der Waals surface area contributed by atoms with Crippen LogP contribution in [0.25, 0.3) is 0 Å². The standard InChI is InChI=1S/C30H46O2.3Ca.2H3O4P/c1-18(21-14-19(27(2,3)4)16-23(25(21)31)29(8,9)10)22-15-20(28(5,6)7)17-24(26(22)32)30(11,12)13;;;;2*1-5(2,3)4/h14-18,31-32H,1-13H3;;;;2*(H3,1,2,3,4)/q;3*+2;;/p-6. The number of rotatable bonds is 2. The number of hydrogen-bond acceptors (Lipinski definition) is 10. The number of aromatic hydroxyl groups is 2. The molecule has 242 valence electrons. The van der Waals surface area contributed by atoms with Gasteiger partial charge in [0.1, 0.15) is 11.5 Å². The van der Waals surface area contributed by atoms with E-state index in [1.807, 2.05) is 0 Å². The van der Waals surface area contributed by atoms with Crippen molar-refractivity contribution < 1.29 is 48.7 Å². The fourth-order valence-electron chi connectivity index (χ4n) is 4.15. The van der Waals surface area contributed by atoms with Gasteiger partial charge in [0.2, 0.25) is 0 Å². The van der Waals surface area contributed by atoms with Gasteiger partial charge in [-0.25, -0.2) is 0 Å². The quantitative estimate of drug-likeness (QED) is 0.335. The van der Waals surface area contributed by atoms with E-state index in [0.717, 1.165) is 22.3 Å². The van der Waals surface area contributed by atoms with Gasteiger partial charge in [0.05, 0.1) is 0 Å². The first-order valence-corrected chi connectivity index (χ1v) is 16.3. The zero-order chi connectivity index (χ0) is 34.0. The summed E-state index contributed by atoms with van der Waals surface area (Å²) in [7, 11) is -10.8. The number of phosphoric acid groups is 2. The third-order valence-electron chi connectivity index (χ3n) is 6.56. The molecule has 0 bridgehead atoms. The van der Waals surface area contributed by atoms with Crippen LogP contribution in [-0.4, -0.2) is 123 Å². The Bertz CT molecular complexity index is 1210. The van der Waals surface area contributed by atoms with Crippen LogP contribution < -0.4 is 29.4 Å².